The fraction of sp³-hybridized carbons (Fsp3) is 1.00. The van der Waals surface area contributed by atoms with E-state index in [0.29, 0.717) is 11.0 Å². The lowest BCUT2D eigenvalue weighted by atomic mass is 9.68. The number of hydrogen-bond acceptors (Lipinski definition) is 2. The highest BCUT2D eigenvalue weighted by Crippen LogP contribution is 2.45. The molecule has 2 atom stereocenters. The third kappa shape index (κ3) is 2.53. The molecule has 0 radical (unpaired) electrons. The number of nitrogens with two attached hydrogens (primary N) is 1. The average Bonchev–Trinajstić information content (AvgIpc) is 2.60. The summed E-state index contributed by atoms with van der Waals surface area (Å²) in [4.78, 5) is 2.74. The van der Waals surface area contributed by atoms with Gasteiger partial charge in [-0.3, -0.25) is 4.90 Å². The maximum Gasteiger partial charge on any atom is 0.0335 e. The van der Waals surface area contributed by atoms with E-state index in [1.807, 2.05) is 0 Å². The Labute approximate surface area is 107 Å². The highest BCUT2D eigenvalue weighted by atomic mass is 15.3. The van der Waals surface area contributed by atoms with E-state index in [1.165, 1.54) is 38.6 Å². The van der Waals surface area contributed by atoms with Crippen LogP contribution in [0.2, 0.25) is 0 Å². The van der Waals surface area contributed by atoms with Crippen LogP contribution >= 0.6 is 0 Å². The first-order valence-corrected chi connectivity index (χ1v) is 7.35. The molecule has 1 aliphatic carbocycles. The SMILES string of the molecule is CC1CC(C)N(C2(CN)CCC(C)(C)CC2)C1. The lowest BCUT2D eigenvalue weighted by Gasteiger charge is -2.50. The molecule has 2 heteroatoms. The van der Waals surface area contributed by atoms with Gasteiger partial charge >= 0.3 is 0 Å². The number of hydrogen-bond donors (Lipinski definition) is 1. The summed E-state index contributed by atoms with van der Waals surface area (Å²) in [5, 5.41) is 0. The van der Waals surface area contributed by atoms with Crippen molar-refractivity contribution in [2.45, 2.75) is 71.4 Å². The molecular formula is C15H30N2. The third-order valence-corrected chi connectivity index (χ3v) is 5.31. The van der Waals surface area contributed by atoms with Crippen molar-refractivity contribution < 1.29 is 0 Å². The second-order valence-electron chi connectivity index (χ2n) is 7.43. The van der Waals surface area contributed by atoms with Crippen molar-refractivity contribution in [2.75, 3.05) is 13.1 Å². The molecule has 2 aliphatic rings. The maximum absolute atomic E-state index is 6.17. The first-order valence-electron chi connectivity index (χ1n) is 7.35. The molecule has 1 aliphatic heterocycles. The van der Waals surface area contributed by atoms with Crippen molar-refractivity contribution in [1.29, 1.82) is 0 Å². The van der Waals surface area contributed by atoms with Gasteiger partial charge in [0.25, 0.3) is 0 Å². The van der Waals surface area contributed by atoms with Gasteiger partial charge in [0.05, 0.1) is 0 Å². The van der Waals surface area contributed by atoms with Crippen molar-refractivity contribution in [3.8, 4) is 0 Å². The number of likely N-dealkylation sites (tertiary alicyclic amines) is 1. The minimum absolute atomic E-state index is 0.319. The molecule has 100 valence electrons. The van der Waals surface area contributed by atoms with Gasteiger partial charge < -0.3 is 5.73 Å². The molecule has 2 nitrogen and oxygen atoms in total. The molecular weight excluding hydrogens is 208 g/mol. The van der Waals surface area contributed by atoms with Crippen LogP contribution in [0, 0.1) is 11.3 Å². The minimum Gasteiger partial charge on any atom is -0.329 e. The lowest BCUT2D eigenvalue weighted by Crippen LogP contribution is -2.57. The van der Waals surface area contributed by atoms with Gasteiger partial charge in [-0.05, 0) is 50.4 Å². The van der Waals surface area contributed by atoms with Gasteiger partial charge in [-0.2, -0.15) is 0 Å². The molecule has 0 aromatic heterocycles. The van der Waals surface area contributed by atoms with E-state index < -0.39 is 0 Å². The Kier molecular flexibility index (Phi) is 3.57. The molecule has 0 bridgehead atoms. The molecule has 0 aromatic carbocycles. The predicted octanol–water partition coefficient (Wildman–Crippen LogP) is 3.01. The summed E-state index contributed by atoms with van der Waals surface area (Å²) < 4.78 is 0. The van der Waals surface area contributed by atoms with E-state index in [-0.39, 0.29) is 0 Å². The van der Waals surface area contributed by atoms with Gasteiger partial charge in [0.15, 0.2) is 0 Å². The normalized spacial score (nSPS) is 37.2. The van der Waals surface area contributed by atoms with Crippen molar-refractivity contribution in [2.24, 2.45) is 17.1 Å². The molecule has 1 saturated heterocycles. The fourth-order valence-electron chi connectivity index (χ4n) is 3.96. The van der Waals surface area contributed by atoms with Crippen LogP contribution in [-0.4, -0.2) is 29.6 Å². The van der Waals surface area contributed by atoms with Crippen LogP contribution in [-0.2, 0) is 0 Å². The summed E-state index contributed by atoms with van der Waals surface area (Å²) in [7, 11) is 0. The van der Waals surface area contributed by atoms with Crippen LogP contribution in [0.5, 0.6) is 0 Å². The first kappa shape index (κ1) is 13.4. The third-order valence-electron chi connectivity index (χ3n) is 5.31. The lowest BCUT2D eigenvalue weighted by molar-refractivity contribution is 0.0168. The summed E-state index contributed by atoms with van der Waals surface area (Å²) in [6.07, 6.45) is 6.62. The fourth-order valence-corrected chi connectivity index (χ4v) is 3.96. The monoisotopic (exact) mass is 238 g/mol. The Morgan fingerprint density at radius 1 is 1.12 bits per heavy atom. The van der Waals surface area contributed by atoms with Crippen molar-refractivity contribution >= 4 is 0 Å². The van der Waals surface area contributed by atoms with Gasteiger partial charge in [0, 0.05) is 24.7 Å². The largest absolute Gasteiger partial charge is 0.329 e. The molecule has 2 rings (SSSR count). The van der Waals surface area contributed by atoms with Gasteiger partial charge in [-0.1, -0.05) is 20.8 Å². The smallest absolute Gasteiger partial charge is 0.0335 e. The minimum atomic E-state index is 0.319. The molecule has 2 unspecified atom stereocenters. The Bertz CT molecular complexity index is 262. The molecule has 0 amide bonds. The number of rotatable bonds is 2. The van der Waals surface area contributed by atoms with Crippen LogP contribution < -0.4 is 5.73 Å². The van der Waals surface area contributed by atoms with Crippen LogP contribution in [0.15, 0.2) is 0 Å². The van der Waals surface area contributed by atoms with E-state index in [1.54, 1.807) is 0 Å². The van der Waals surface area contributed by atoms with E-state index in [4.69, 9.17) is 5.73 Å². The van der Waals surface area contributed by atoms with E-state index in [9.17, 15) is 0 Å². The zero-order valence-corrected chi connectivity index (χ0v) is 12.1. The highest BCUT2D eigenvalue weighted by molar-refractivity contribution is 5.01. The van der Waals surface area contributed by atoms with Crippen molar-refractivity contribution in [3.63, 3.8) is 0 Å². The summed E-state index contributed by atoms with van der Waals surface area (Å²) in [6.45, 7) is 11.7. The Morgan fingerprint density at radius 2 is 1.71 bits per heavy atom. The first-order chi connectivity index (χ1) is 7.88. The second kappa shape index (κ2) is 4.55. The van der Waals surface area contributed by atoms with E-state index >= 15 is 0 Å². The van der Waals surface area contributed by atoms with Crippen LogP contribution in [0.4, 0.5) is 0 Å². The highest BCUT2D eigenvalue weighted by Gasteiger charge is 2.45. The second-order valence-corrected chi connectivity index (χ2v) is 7.43. The molecule has 2 fully saturated rings. The zero-order chi connectivity index (χ0) is 12.7. The van der Waals surface area contributed by atoms with E-state index in [2.05, 4.69) is 32.6 Å². The Hall–Kier alpha value is -0.0800. The van der Waals surface area contributed by atoms with Crippen LogP contribution in [0.1, 0.15) is 59.8 Å². The van der Waals surface area contributed by atoms with Crippen LogP contribution in [0.3, 0.4) is 0 Å². The Balaban J connectivity index is 2.10. The molecule has 0 aromatic rings. The summed E-state index contributed by atoms with van der Waals surface area (Å²) in [6, 6.07) is 0.731. The van der Waals surface area contributed by atoms with Crippen molar-refractivity contribution in [1.82, 2.24) is 4.90 Å². The van der Waals surface area contributed by atoms with Crippen molar-refractivity contribution in [3.05, 3.63) is 0 Å². The molecule has 2 N–H and O–H groups in total. The summed E-state index contributed by atoms with van der Waals surface area (Å²) >= 11 is 0. The van der Waals surface area contributed by atoms with Gasteiger partial charge in [-0.15, -0.1) is 0 Å². The molecule has 17 heavy (non-hydrogen) atoms. The van der Waals surface area contributed by atoms with Gasteiger partial charge in [0.1, 0.15) is 0 Å². The van der Waals surface area contributed by atoms with Gasteiger partial charge in [-0.25, -0.2) is 0 Å². The Morgan fingerprint density at radius 3 is 2.12 bits per heavy atom. The number of nitrogens with zero attached hydrogens (tertiary/aromatic N) is 1. The maximum atomic E-state index is 6.17. The molecule has 0 spiro atoms. The quantitative estimate of drug-likeness (QED) is 0.801. The van der Waals surface area contributed by atoms with E-state index in [0.717, 1.165) is 18.5 Å². The predicted molar refractivity (Wildman–Crippen MR) is 74.0 cm³/mol. The van der Waals surface area contributed by atoms with Gasteiger partial charge in [0.2, 0.25) is 0 Å². The summed E-state index contributed by atoms with van der Waals surface area (Å²) in [5.74, 6) is 0.850. The molecule has 1 heterocycles. The van der Waals surface area contributed by atoms with Crippen LogP contribution in [0.25, 0.3) is 0 Å². The topological polar surface area (TPSA) is 29.3 Å². The average molecular weight is 238 g/mol. The summed E-state index contributed by atoms with van der Waals surface area (Å²) in [5.41, 5.74) is 7.03. The molecule has 1 saturated carbocycles. The standard InChI is InChI=1S/C15H30N2/c1-12-9-13(2)17(10-12)15(11-16)7-5-14(3,4)6-8-15/h12-13H,5-11,16H2,1-4H3. The zero-order valence-electron chi connectivity index (χ0n) is 12.1.